The summed E-state index contributed by atoms with van der Waals surface area (Å²) in [6, 6.07) is 1.60. The zero-order valence-electron chi connectivity index (χ0n) is 16.1. The molecular formula is C19H25FN4O3. The maximum absolute atomic E-state index is 14.2. The van der Waals surface area contributed by atoms with E-state index in [1.165, 1.54) is 6.20 Å². The molecule has 0 aliphatic carbocycles. The number of carbonyl (C=O) groups excluding carboxylic acids is 1. The second-order valence-corrected chi connectivity index (χ2v) is 6.79. The van der Waals surface area contributed by atoms with Gasteiger partial charge in [0.1, 0.15) is 11.5 Å². The number of hydrogen-bond donors (Lipinski definition) is 1. The number of pyridine rings is 1. The van der Waals surface area contributed by atoms with Crippen molar-refractivity contribution in [1.82, 2.24) is 20.1 Å². The molecule has 27 heavy (non-hydrogen) atoms. The molecule has 2 aromatic heterocycles. The number of nitrogens with one attached hydrogen (secondary N) is 1. The topological polar surface area (TPSA) is 78.3 Å². The van der Waals surface area contributed by atoms with Crippen LogP contribution in [0.1, 0.15) is 53.0 Å². The first kappa shape index (κ1) is 19.4. The van der Waals surface area contributed by atoms with Crippen molar-refractivity contribution in [3.05, 3.63) is 46.3 Å². The van der Waals surface area contributed by atoms with E-state index in [0.29, 0.717) is 30.8 Å². The lowest BCUT2D eigenvalue weighted by molar-refractivity contribution is -0.00716. The van der Waals surface area contributed by atoms with Gasteiger partial charge in [0.05, 0.1) is 43.3 Å². The lowest BCUT2D eigenvalue weighted by atomic mass is 9.99. The summed E-state index contributed by atoms with van der Waals surface area (Å²) < 4.78 is 26.8. The van der Waals surface area contributed by atoms with Crippen molar-refractivity contribution in [2.24, 2.45) is 0 Å². The van der Waals surface area contributed by atoms with Crippen LogP contribution in [-0.2, 0) is 29.0 Å². The van der Waals surface area contributed by atoms with Gasteiger partial charge in [-0.2, -0.15) is 5.10 Å². The molecule has 1 aliphatic heterocycles. The van der Waals surface area contributed by atoms with Gasteiger partial charge in [-0.05, 0) is 32.4 Å². The molecule has 8 heteroatoms. The Morgan fingerprint density at radius 1 is 1.48 bits per heavy atom. The van der Waals surface area contributed by atoms with E-state index >= 15 is 0 Å². The summed E-state index contributed by atoms with van der Waals surface area (Å²) in [4.78, 5) is 17.0. The molecule has 0 saturated carbocycles. The standard InChI is InChI=1S/C19H25FN4O3/c1-11-5-6-21-15(16(11)20)10-22-19(25)18-14-9-12(2)27-13(3)17(14)23-24(18)7-8-26-4/h5-6,12-13H,7-10H2,1-4H3,(H,22,25)/t12-,13+/m0/s1. The average molecular weight is 376 g/mol. The maximum Gasteiger partial charge on any atom is 0.270 e. The number of fused-ring (bicyclic) bond motifs is 1. The molecule has 1 aliphatic rings. The molecule has 0 fully saturated rings. The molecule has 1 N–H and O–H groups in total. The third kappa shape index (κ3) is 4.01. The van der Waals surface area contributed by atoms with Crippen molar-refractivity contribution in [2.45, 2.75) is 52.5 Å². The van der Waals surface area contributed by atoms with E-state index in [2.05, 4.69) is 15.4 Å². The highest BCUT2D eigenvalue weighted by Gasteiger charge is 2.32. The average Bonchev–Trinajstić information content (AvgIpc) is 2.99. The summed E-state index contributed by atoms with van der Waals surface area (Å²) in [6.45, 7) is 6.46. The lowest BCUT2D eigenvalue weighted by Crippen LogP contribution is -2.29. The van der Waals surface area contributed by atoms with E-state index in [1.807, 2.05) is 13.8 Å². The number of nitrogens with zero attached hydrogens (tertiary/aromatic N) is 3. The normalized spacial score (nSPS) is 19.0. The zero-order chi connectivity index (χ0) is 19.6. The Hall–Kier alpha value is -2.32. The third-order valence-corrected chi connectivity index (χ3v) is 4.69. The second-order valence-electron chi connectivity index (χ2n) is 6.79. The molecule has 2 atom stereocenters. The van der Waals surface area contributed by atoms with Gasteiger partial charge >= 0.3 is 0 Å². The molecule has 0 unspecified atom stereocenters. The fourth-order valence-electron chi connectivity index (χ4n) is 3.36. The first-order chi connectivity index (χ1) is 12.9. The van der Waals surface area contributed by atoms with Crippen LogP contribution in [0.15, 0.2) is 12.3 Å². The van der Waals surface area contributed by atoms with Crippen molar-refractivity contribution in [3.63, 3.8) is 0 Å². The fourth-order valence-corrected chi connectivity index (χ4v) is 3.36. The molecule has 2 aromatic rings. The summed E-state index contributed by atoms with van der Waals surface area (Å²) >= 11 is 0. The third-order valence-electron chi connectivity index (χ3n) is 4.69. The Morgan fingerprint density at radius 2 is 2.26 bits per heavy atom. The monoisotopic (exact) mass is 376 g/mol. The predicted molar refractivity (Wildman–Crippen MR) is 96.9 cm³/mol. The predicted octanol–water partition coefficient (Wildman–Crippen LogP) is 2.32. The lowest BCUT2D eigenvalue weighted by Gasteiger charge is -2.24. The summed E-state index contributed by atoms with van der Waals surface area (Å²) in [5.41, 5.74) is 2.85. The number of aryl methyl sites for hydroxylation is 1. The highest BCUT2D eigenvalue weighted by molar-refractivity contribution is 5.94. The summed E-state index contributed by atoms with van der Waals surface area (Å²) in [6.07, 6.45) is 1.95. The number of halogens is 1. The van der Waals surface area contributed by atoms with E-state index < -0.39 is 5.82 Å². The molecule has 3 heterocycles. The number of methoxy groups -OCH3 is 1. The zero-order valence-corrected chi connectivity index (χ0v) is 16.1. The Morgan fingerprint density at radius 3 is 3.00 bits per heavy atom. The number of ether oxygens (including phenoxy) is 2. The summed E-state index contributed by atoms with van der Waals surface area (Å²) in [5, 5.41) is 7.35. The Labute approximate surface area is 157 Å². The summed E-state index contributed by atoms with van der Waals surface area (Å²) in [7, 11) is 1.60. The molecule has 0 saturated heterocycles. The van der Waals surface area contributed by atoms with Crippen LogP contribution in [0.4, 0.5) is 4.39 Å². The molecule has 3 rings (SSSR count). The van der Waals surface area contributed by atoms with E-state index in [-0.39, 0.29) is 30.4 Å². The number of hydrogen-bond acceptors (Lipinski definition) is 5. The van der Waals surface area contributed by atoms with Crippen LogP contribution >= 0.6 is 0 Å². The molecular weight excluding hydrogens is 351 g/mol. The molecule has 1 amide bonds. The quantitative estimate of drug-likeness (QED) is 0.837. The molecule has 0 aromatic carbocycles. The number of rotatable bonds is 6. The molecule has 146 valence electrons. The van der Waals surface area contributed by atoms with Crippen molar-refractivity contribution in [3.8, 4) is 0 Å². The van der Waals surface area contributed by atoms with Gasteiger partial charge in [-0.15, -0.1) is 0 Å². The number of amides is 1. The van der Waals surface area contributed by atoms with Gasteiger partial charge in [0.15, 0.2) is 0 Å². The largest absolute Gasteiger partial charge is 0.383 e. The maximum atomic E-state index is 14.2. The highest BCUT2D eigenvalue weighted by atomic mass is 19.1. The first-order valence-electron chi connectivity index (χ1n) is 9.04. The van der Waals surface area contributed by atoms with Gasteiger partial charge < -0.3 is 14.8 Å². The second kappa shape index (κ2) is 8.14. The minimum Gasteiger partial charge on any atom is -0.383 e. The molecule has 0 bridgehead atoms. The van der Waals surface area contributed by atoms with Crippen molar-refractivity contribution in [2.75, 3.05) is 13.7 Å². The van der Waals surface area contributed by atoms with Crippen molar-refractivity contribution in [1.29, 1.82) is 0 Å². The minimum atomic E-state index is -0.400. The van der Waals surface area contributed by atoms with Gasteiger partial charge in [0.25, 0.3) is 5.91 Å². The van der Waals surface area contributed by atoms with E-state index in [0.717, 1.165) is 11.3 Å². The minimum absolute atomic E-state index is 0.00462. The number of carbonyl (C=O) groups is 1. The van der Waals surface area contributed by atoms with Crippen LogP contribution in [0.25, 0.3) is 0 Å². The van der Waals surface area contributed by atoms with E-state index in [9.17, 15) is 9.18 Å². The van der Waals surface area contributed by atoms with Crippen molar-refractivity contribution >= 4 is 5.91 Å². The Balaban J connectivity index is 1.87. The van der Waals surface area contributed by atoms with Gasteiger partial charge in [-0.3, -0.25) is 14.5 Å². The van der Waals surface area contributed by atoms with Gasteiger partial charge in [0.2, 0.25) is 0 Å². The Bertz CT molecular complexity index is 837. The smallest absolute Gasteiger partial charge is 0.270 e. The highest BCUT2D eigenvalue weighted by Crippen LogP contribution is 2.31. The summed E-state index contributed by atoms with van der Waals surface area (Å²) in [5.74, 6) is -0.702. The van der Waals surface area contributed by atoms with Crippen molar-refractivity contribution < 1.29 is 18.7 Å². The van der Waals surface area contributed by atoms with Crippen LogP contribution in [0.5, 0.6) is 0 Å². The molecule has 0 spiro atoms. The molecule has 7 nitrogen and oxygen atoms in total. The van der Waals surface area contributed by atoms with Crippen LogP contribution in [0.2, 0.25) is 0 Å². The van der Waals surface area contributed by atoms with Crippen LogP contribution < -0.4 is 5.32 Å². The fraction of sp³-hybridized carbons (Fsp3) is 0.526. The number of aromatic nitrogens is 3. The SMILES string of the molecule is COCCn1nc2c(c1C(=O)NCc1nccc(C)c1F)C[C@H](C)O[C@@H]2C. The van der Waals surface area contributed by atoms with Crippen LogP contribution in [0, 0.1) is 12.7 Å². The first-order valence-corrected chi connectivity index (χ1v) is 9.04. The van der Waals surface area contributed by atoms with E-state index in [1.54, 1.807) is 24.8 Å². The van der Waals surface area contributed by atoms with Crippen LogP contribution in [-0.4, -0.2) is 40.5 Å². The van der Waals surface area contributed by atoms with Gasteiger partial charge in [-0.1, -0.05) is 0 Å². The van der Waals surface area contributed by atoms with E-state index in [4.69, 9.17) is 9.47 Å². The Kier molecular flexibility index (Phi) is 5.86. The van der Waals surface area contributed by atoms with Gasteiger partial charge in [0, 0.05) is 25.3 Å². The van der Waals surface area contributed by atoms with Crippen LogP contribution in [0.3, 0.4) is 0 Å². The van der Waals surface area contributed by atoms with Gasteiger partial charge in [-0.25, -0.2) is 4.39 Å². The molecule has 0 radical (unpaired) electrons.